The first kappa shape index (κ1) is 14.5. The van der Waals surface area contributed by atoms with Crippen molar-refractivity contribution in [2.24, 2.45) is 0 Å². The number of rotatable bonds is 2. The minimum absolute atomic E-state index is 0.0744. The number of anilines is 1. The number of amides is 1. The standard InChI is InChI=1S/C17H10FN3O2S/c18-11-6-7-13-14(8-11)24-17-19-9-12(16(23)21(13)17)20-15(22)10-4-2-1-3-5-10/h1-9H,(H,20,22). The number of thiazole rings is 1. The molecule has 24 heavy (non-hydrogen) atoms. The van der Waals surface area contributed by atoms with E-state index in [2.05, 4.69) is 10.3 Å². The van der Waals surface area contributed by atoms with Gasteiger partial charge in [-0.3, -0.25) is 9.59 Å². The summed E-state index contributed by atoms with van der Waals surface area (Å²) < 4.78 is 15.3. The third kappa shape index (κ3) is 2.35. The molecule has 0 unspecified atom stereocenters. The fraction of sp³-hybridized carbons (Fsp3) is 0. The van der Waals surface area contributed by atoms with Gasteiger partial charge in [-0.05, 0) is 30.3 Å². The molecule has 118 valence electrons. The Hall–Kier alpha value is -3.06. The zero-order valence-electron chi connectivity index (χ0n) is 12.2. The second kappa shape index (κ2) is 5.54. The molecule has 0 saturated heterocycles. The Balaban J connectivity index is 1.82. The van der Waals surface area contributed by atoms with Crippen LogP contribution in [0.4, 0.5) is 10.1 Å². The van der Waals surface area contributed by atoms with E-state index in [0.29, 0.717) is 20.7 Å². The number of nitrogens with one attached hydrogen (secondary N) is 1. The first-order valence-corrected chi connectivity index (χ1v) is 7.91. The number of hydrogen-bond donors (Lipinski definition) is 1. The first-order chi connectivity index (χ1) is 11.6. The molecule has 2 aromatic carbocycles. The predicted octanol–water partition coefficient (Wildman–Crippen LogP) is 3.30. The Kier molecular flexibility index (Phi) is 3.35. The Bertz CT molecular complexity index is 1140. The maximum absolute atomic E-state index is 13.3. The monoisotopic (exact) mass is 339 g/mol. The number of benzene rings is 2. The SMILES string of the molecule is O=C(Nc1cnc2sc3cc(F)ccc3n2c1=O)c1ccccc1. The lowest BCUT2D eigenvalue weighted by molar-refractivity contribution is 0.102. The lowest BCUT2D eigenvalue weighted by Crippen LogP contribution is -2.22. The van der Waals surface area contributed by atoms with Gasteiger partial charge in [0.15, 0.2) is 4.96 Å². The number of hydrogen-bond acceptors (Lipinski definition) is 4. The van der Waals surface area contributed by atoms with Crippen LogP contribution in [0.2, 0.25) is 0 Å². The molecule has 0 aliphatic rings. The normalized spacial score (nSPS) is 11.0. The predicted molar refractivity (Wildman–Crippen MR) is 91.2 cm³/mol. The van der Waals surface area contributed by atoms with Crippen molar-refractivity contribution in [3.05, 3.63) is 76.5 Å². The summed E-state index contributed by atoms with van der Waals surface area (Å²) in [5, 5.41) is 2.58. The van der Waals surface area contributed by atoms with Gasteiger partial charge in [-0.1, -0.05) is 29.5 Å². The van der Waals surface area contributed by atoms with E-state index < -0.39 is 5.56 Å². The van der Waals surface area contributed by atoms with Crippen LogP contribution in [0.25, 0.3) is 15.2 Å². The van der Waals surface area contributed by atoms with Gasteiger partial charge in [0.25, 0.3) is 11.5 Å². The number of carbonyl (C=O) groups excluding carboxylic acids is 1. The van der Waals surface area contributed by atoms with Gasteiger partial charge >= 0.3 is 0 Å². The molecule has 4 aromatic rings. The molecule has 1 N–H and O–H groups in total. The summed E-state index contributed by atoms with van der Waals surface area (Å²) in [6.45, 7) is 0. The lowest BCUT2D eigenvalue weighted by Gasteiger charge is -2.04. The largest absolute Gasteiger partial charge is 0.316 e. The van der Waals surface area contributed by atoms with Gasteiger partial charge in [-0.15, -0.1) is 0 Å². The summed E-state index contributed by atoms with van der Waals surface area (Å²) in [6.07, 6.45) is 1.32. The Morgan fingerprint density at radius 3 is 2.75 bits per heavy atom. The van der Waals surface area contributed by atoms with Crippen LogP contribution >= 0.6 is 11.3 Å². The van der Waals surface area contributed by atoms with Crippen molar-refractivity contribution in [1.29, 1.82) is 0 Å². The number of nitrogens with zero attached hydrogens (tertiary/aromatic N) is 2. The maximum Gasteiger partial charge on any atom is 0.282 e. The first-order valence-electron chi connectivity index (χ1n) is 7.10. The highest BCUT2D eigenvalue weighted by Crippen LogP contribution is 2.25. The van der Waals surface area contributed by atoms with Crippen molar-refractivity contribution in [3.8, 4) is 0 Å². The van der Waals surface area contributed by atoms with Crippen LogP contribution in [0.1, 0.15) is 10.4 Å². The molecule has 0 aliphatic heterocycles. The maximum atomic E-state index is 13.3. The van der Waals surface area contributed by atoms with Crippen molar-refractivity contribution in [2.75, 3.05) is 5.32 Å². The van der Waals surface area contributed by atoms with Gasteiger partial charge < -0.3 is 5.32 Å². The second-order valence-corrected chi connectivity index (χ2v) is 6.14. The fourth-order valence-corrected chi connectivity index (χ4v) is 3.46. The number of fused-ring (bicyclic) bond motifs is 3. The van der Waals surface area contributed by atoms with Gasteiger partial charge in [-0.25, -0.2) is 13.8 Å². The Morgan fingerprint density at radius 1 is 1.17 bits per heavy atom. The zero-order chi connectivity index (χ0) is 16.7. The molecule has 2 aromatic heterocycles. The molecular formula is C17H10FN3O2S. The van der Waals surface area contributed by atoms with Crippen molar-refractivity contribution in [3.63, 3.8) is 0 Å². The molecule has 2 heterocycles. The number of aromatic nitrogens is 2. The summed E-state index contributed by atoms with van der Waals surface area (Å²) in [5.74, 6) is -0.764. The van der Waals surface area contributed by atoms with Crippen LogP contribution in [-0.2, 0) is 0 Å². The van der Waals surface area contributed by atoms with Crippen molar-refractivity contribution >= 4 is 38.1 Å². The van der Waals surface area contributed by atoms with Crippen molar-refractivity contribution in [2.45, 2.75) is 0 Å². The molecule has 5 nitrogen and oxygen atoms in total. The van der Waals surface area contributed by atoms with E-state index in [0.717, 1.165) is 0 Å². The highest BCUT2D eigenvalue weighted by molar-refractivity contribution is 7.23. The van der Waals surface area contributed by atoms with Crippen LogP contribution in [0.5, 0.6) is 0 Å². The minimum atomic E-state index is -0.401. The summed E-state index contributed by atoms with van der Waals surface area (Å²) in [7, 11) is 0. The van der Waals surface area contributed by atoms with E-state index in [4.69, 9.17) is 0 Å². The van der Waals surface area contributed by atoms with Crippen LogP contribution in [0.15, 0.2) is 59.5 Å². The van der Waals surface area contributed by atoms with E-state index in [1.54, 1.807) is 30.3 Å². The topological polar surface area (TPSA) is 63.5 Å². The number of carbonyl (C=O) groups is 1. The van der Waals surface area contributed by atoms with Gasteiger partial charge in [-0.2, -0.15) is 0 Å². The average Bonchev–Trinajstić information content (AvgIpc) is 2.96. The van der Waals surface area contributed by atoms with Crippen LogP contribution in [0.3, 0.4) is 0 Å². The fourth-order valence-electron chi connectivity index (χ4n) is 2.45. The lowest BCUT2D eigenvalue weighted by atomic mass is 10.2. The zero-order valence-corrected chi connectivity index (χ0v) is 13.0. The van der Waals surface area contributed by atoms with E-state index in [1.165, 1.54) is 40.1 Å². The molecule has 4 rings (SSSR count). The molecule has 0 spiro atoms. The molecule has 0 atom stereocenters. The van der Waals surface area contributed by atoms with Crippen LogP contribution in [0, 0.1) is 5.82 Å². The summed E-state index contributed by atoms with van der Waals surface area (Å²) in [6, 6.07) is 12.8. The van der Waals surface area contributed by atoms with E-state index in [1.807, 2.05) is 0 Å². The summed E-state index contributed by atoms with van der Waals surface area (Å²) in [5.41, 5.74) is 0.677. The van der Waals surface area contributed by atoms with E-state index in [9.17, 15) is 14.0 Å². The molecule has 0 radical (unpaired) electrons. The van der Waals surface area contributed by atoms with Gasteiger partial charge in [0, 0.05) is 5.56 Å². The molecule has 0 fully saturated rings. The third-order valence-electron chi connectivity index (χ3n) is 3.58. The molecule has 0 aliphatic carbocycles. The quantitative estimate of drug-likeness (QED) is 0.609. The van der Waals surface area contributed by atoms with Gasteiger partial charge in [0.2, 0.25) is 0 Å². The van der Waals surface area contributed by atoms with E-state index >= 15 is 0 Å². The van der Waals surface area contributed by atoms with Gasteiger partial charge in [0.1, 0.15) is 11.5 Å². The molecule has 1 amide bonds. The van der Waals surface area contributed by atoms with Crippen LogP contribution in [-0.4, -0.2) is 15.3 Å². The van der Waals surface area contributed by atoms with Gasteiger partial charge in [0.05, 0.1) is 16.4 Å². The molecule has 0 saturated carbocycles. The third-order valence-corrected chi connectivity index (χ3v) is 4.59. The molecular weight excluding hydrogens is 329 g/mol. The summed E-state index contributed by atoms with van der Waals surface area (Å²) in [4.78, 5) is 29.5. The van der Waals surface area contributed by atoms with Crippen molar-refractivity contribution in [1.82, 2.24) is 9.38 Å². The Morgan fingerprint density at radius 2 is 1.96 bits per heavy atom. The number of halogens is 1. The highest BCUT2D eigenvalue weighted by Gasteiger charge is 2.14. The molecule has 0 bridgehead atoms. The molecule has 7 heteroatoms. The summed E-state index contributed by atoms with van der Waals surface area (Å²) >= 11 is 1.21. The highest BCUT2D eigenvalue weighted by atomic mass is 32.1. The van der Waals surface area contributed by atoms with Crippen molar-refractivity contribution < 1.29 is 9.18 Å². The minimum Gasteiger partial charge on any atom is -0.316 e. The Labute approximate surface area is 139 Å². The van der Waals surface area contributed by atoms with Crippen LogP contribution < -0.4 is 10.9 Å². The second-order valence-electron chi connectivity index (χ2n) is 5.13. The average molecular weight is 339 g/mol. The van der Waals surface area contributed by atoms with E-state index in [-0.39, 0.29) is 17.4 Å². The smallest absolute Gasteiger partial charge is 0.282 e.